The van der Waals surface area contributed by atoms with E-state index in [0.717, 1.165) is 17.7 Å². The maximum absolute atomic E-state index is 10.8. The van der Waals surface area contributed by atoms with E-state index in [1.54, 1.807) is 0 Å². The third-order valence-corrected chi connectivity index (χ3v) is 2.84. The Morgan fingerprint density at radius 3 is 2.29 bits per heavy atom. The van der Waals surface area contributed by atoms with Gasteiger partial charge >= 0.3 is 5.97 Å². The zero-order valence-electron chi connectivity index (χ0n) is 10.4. The molecule has 17 heavy (non-hydrogen) atoms. The Morgan fingerprint density at radius 2 is 1.88 bits per heavy atom. The van der Waals surface area contributed by atoms with Crippen molar-refractivity contribution in [2.24, 2.45) is 5.92 Å². The Labute approximate surface area is 101 Å². The summed E-state index contributed by atoms with van der Waals surface area (Å²) in [5.74, 6) is 0.138. The summed E-state index contributed by atoms with van der Waals surface area (Å²) in [5, 5.41) is 8.87. The van der Waals surface area contributed by atoms with Crippen LogP contribution >= 0.6 is 0 Å². The number of rotatable bonds is 3. The molecule has 3 heteroatoms. The minimum atomic E-state index is -0.690. The van der Waals surface area contributed by atoms with E-state index in [-0.39, 0.29) is 17.4 Å². The van der Waals surface area contributed by atoms with Gasteiger partial charge in [-0.2, -0.15) is 0 Å². The van der Waals surface area contributed by atoms with Crippen LogP contribution in [0.15, 0.2) is 24.3 Å². The van der Waals surface area contributed by atoms with Gasteiger partial charge in [-0.1, -0.05) is 12.1 Å². The summed E-state index contributed by atoms with van der Waals surface area (Å²) in [5.41, 5.74) is 0.892. The van der Waals surface area contributed by atoms with Gasteiger partial charge in [-0.05, 0) is 50.8 Å². The van der Waals surface area contributed by atoms with E-state index in [9.17, 15) is 4.79 Å². The average Bonchev–Trinajstić information content (AvgIpc) is 2.96. The molecule has 1 aliphatic carbocycles. The third kappa shape index (κ3) is 2.99. The van der Waals surface area contributed by atoms with Gasteiger partial charge in [-0.25, -0.2) is 0 Å². The average molecular weight is 234 g/mol. The van der Waals surface area contributed by atoms with Gasteiger partial charge in [0.15, 0.2) is 0 Å². The molecular weight excluding hydrogens is 216 g/mol. The second-order valence-corrected chi connectivity index (χ2v) is 5.57. The highest BCUT2D eigenvalue weighted by atomic mass is 16.5. The minimum Gasteiger partial charge on any atom is -0.488 e. The number of aliphatic carboxylic acids is 1. The maximum Gasteiger partial charge on any atom is 0.307 e. The van der Waals surface area contributed by atoms with Crippen LogP contribution in [0.25, 0.3) is 0 Å². The Bertz CT molecular complexity index is 414. The molecule has 0 bridgehead atoms. The number of carboxylic acid groups (broad SMARTS) is 1. The van der Waals surface area contributed by atoms with Crippen molar-refractivity contribution in [2.75, 3.05) is 0 Å². The molecule has 0 aromatic heterocycles. The topological polar surface area (TPSA) is 46.5 Å². The summed E-state index contributed by atoms with van der Waals surface area (Å²) in [7, 11) is 0. The Hall–Kier alpha value is -1.51. The molecule has 1 saturated carbocycles. The molecule has 3 nitrogen and oxygen atoms in total. The zero-order chi connectivity index (χ0) is 12.6. The summed E-state index contributed by atoms with van der Waals surface area (Å²) < 4.78 is 5.71. The number of carboxylic acids is 1. The Balaban J connectivity index is 2.02. The fraction of sp³-hybridized carbons (Fsp3) is 0.500. The van der Waals surface area contributed by atoms with Crippen molar-refractivity contribution >= 4 is 5.97 Å². The first-order valence-corrected chi connectivity index (χ1v) is 5.88. The summed E-state index contributed by atoms with van der Waals surface area (Å²) in [4.78, 5) is 10.8. The van der Waals surface area contributed by atoms with Crippen molar-refractivity contribution in [3.8, 4) is 5.75 Å². The Kier molecular flexibility index (Phi) is 2.86. The van der Waals surface area contributed by atoms with Crippen LogP contribution in [0.1, 0.15) is 38.7 Å². The first-order chi connectivity index (χ1) is 7.87. The number of ether oxygens (including phenoxy) is 1. The van der Waals surface area contributed by atoms with Crippen LogP contribution in [-0.4, -0.2) is 16.7 Å². The van der Waals surface area contributed by atoms with E-state index in [0.29, 0.717) is 0 Å². The standard InChI is InChI=1S/C14H18O3/c1-14(2,3)17-10-6-4-9(5-7-10)11-8-12(11)13(15)16/h4-7,11-12H,8H2,1-3H3,(H,15,16)/t11-,12?/m0/s1. The molecule has 0 saturated heterocycles. The van der Waals surface area contributed by atoms with Crippen LogP contribution in [0.3, 0.4) is 0 Å². The quantitative estimate of drug-likeness (QED) is 0.874. The van der Waals surface area contributed by atoms with Crippen molar-refractivity contribution in [3.05, 3.63) is 29.8 Å². The van der Waals surface area contributed by atoms with Crippen molar-refractivity contribution in [1.29, 1.82) is 0 Å². The number of hydrogen-bond acceptors (Lipinski definition) is 2. The molecule has 0 spiro atoms. The smallest absolute Gasteiger partial charge is 0.307 e. The highest BCUT2D eigenvalue weighted by molar-refractivity contribution is 5.75. The third-order valence-electron chi connectivity index (χ3n) is 2.84. The van der Waals surface area contributed by atoms with Gasteiger partial charge in [0, 0.05) is 0 Å². The summed E-state index contributed by atoms with van der Waals surface area (Å²) in [6.07, 6.45) is 0.759. The molecule has 1 aliphatic rings. The van der Waals surface area contributed by atoms with Crippen LogP contribution in [0, 0.1) is 5.92 Å². The van der Waals surface area contributed by atoms with Crippen molar-refractivity contribution in [3.63, 3.8) is 0 Å². The molecule has 1 aromatic carbocycles. The summed E-state index contributed by atoms with van der Waals surface area (Å²) in [6, 6.07) is 7.76. The van der Waals surface area contributed by atoms with Crippen molar-refractivity contribution < 1.29 is 14.6 Å². The van der Waals surface area contributed by atoms with Crippen LogP contribution in [0.4, 0.5) is 0 Å². The van der Waals surface area contributed by atoms with E-state index in [2.05, 4.69) is 0 Å². The first-order valence-electron chi connectivity index (χ1n) is 5.88. The van der Waals surface area contributed by atoms with Crippen molar-refractivity contribution in [2.45, 2.75) is 38.7 Å². The monoisotopic (exact) mass is 234 g/mol. The van der Waals surface area contributed by atoms with E-state index in [1.165, 1.54) is 0 Å². The molecule has 92 valence electrons. The molecule has 1 unspecified atom stereocenters. The van der Waals surface area contributed by atoms with E-state index in [4.69, 9.17) is 9.84 Å². The highest BCUT2D eigenvalue weighted by Crippen LogP contribution is 2.47. The van der Waals surface area contributed by atoms with E-state index in [1.807, 2.05) is 45.0 Å². The largest absolute Gasteiger partial charge is 0.488 e. The molecule has 0 radical (unpaired) electrons. The summed E-state index contributed by atoms with van der Waals surface area (Å²) >= 11 is 0. The predicted octanol–water partition coefficient (Wildman–Crippen LogP) is 3.05. The predicted molar refractivity (Wildman–Crippen MR) is 65.3 cm³/mol. The molecule has 2 rings (SSSR count). The molecule has 1 aromatic rings. The second-order valence-electron chi connectivity index (χ2n) is 5.57. The van der Waals surface area contributed by atoms with Gasteiger partial charge in [0.05, 0.1) is 5.92 Å². The van der Waals surface area contributed by atoms with Gasteiger partial charge < -0.3 is 9.84 Å². The molecule has 0 aliphatic heterocycles. The van der Waals surface area contributed by atoms with Gasteiger partial charge in [0.25, 0.3) is 0 Å². The van der Waals surface area contributed by atoms with E-state index >= 15 is 0 Å². The molecule has 1 N–H and O–H groups in total. The number of carbonyl (C=O) groups is 1. The minimum absolute atomic E-state index is 0.190. The fourth-order valence-electron chi connectivity index (χ4n) is 1.97. The van der Waals surface area contributed by atoms with Crippen LogP contribution in [0.2, 0.25) is 0 Å². The maximum atomic E-state index is 10.8. The van der Waals surface area contributed by atoms with Crippen LogP contribution in [0.5, 0.6) is 5.75 Å². The molecule has 0 heterocycles. The normalized spacial score (nSPS) is 23.2. The lowest BCUT2D eigenvalue weighted by atomic mass is 10.1. The van der Waals surface area contributed by atoms with Gasteiger partial charge in [0.2, 0.25) is 0 Å². The SMILES string of the molecule is CC(C)(C)Oc1ccc([C@@H]2CC2C(=O)O)cc1. The van der Waals surface area contributed by atoms with Crippen LogP contribution < -0.4 is 4.74 Å². The molecule has 0 amide bonds. The zero-order valence-corrected chi connectivity index (χ0v) is 10.4. The lowest BCUT2D eigenvalue weighted by Gasteiger charge is -2.21. The summed E-state index contributed by atoms with van der Waals surface area (Å²) in [6.45, 7) is 6.01. The van der Waals surface area contributed by atoms with E-state index < -0.39 is 5.97 Å². The second kappa shape index (κ2) is 4.06. The fourth-order valence-corrected chi connectivity index (χ4v) is 1.97. The highest BCUT2D eigenvalue weighted by Gasteiger charge is 2.44. The van der Waals surface area contributed by atoms with Crippen LogP contribution in [-0.2, 0) is 4.79 Å². The number of benzene rings is 1. The molecular formula is C14H18O3. The lowest BCUT2D eigenvalue weighted by molar-refractivity contribution is -0.138. The van der Waals surface area contributed by atoms with Gasteiger partial charge in [-0.15, -0.1) is 0 Å². The van der Waals surface area contributed by atoms with Crippen molar-refractivity contribution in [1.82, 2.24) is 0 Å². The first kappa shape index (κ1) is 12.0. The lowest BCUT2D eigenvalue weighted by Crippen LogP contribution is -2.22. The number of hydrogen-bond donors (Lipinski definition) is 1. The van der Waals surface area contributed by atoms with Gasteiger partial charge in [0.1, 0.15) is 11.4 Å². The molecule has 1 fully saturated rings. The molecule has 2 atom stereocenters. The van der Waals surface area contributed by atoms with Gasteiger partial charge in [-0.3, -0.25) is 4.79 Å². The Morgan fingerprint density at radius 1 is 1.29 bits per heavy atom.